The Labute approximate surface area is 142 Å². The van der Waals surface area contributed by atoms with Crippen LogP contribution in [0.3, 0.4) is 0 Å². The summed E-state index contributed by atoms with van der Waals surface area (Å²) in [5.74, 6) is -0.534. The molecule has 4 N–H and O–H groups in total. The predicted molar refractivity (Wildman–Crippen MR) is 87.3 cm³/mol. The first-order valence-electron chi connectivity index (χ1n) is 8.30. The largest absolute Gasteiger partial charge is 0.444 e. The Morgan fingerprint density at radius 2 is 2.17 bits per heavy atom. The van der Waals surface area contributed by atoms with Crippen molar-refractivity contribution < 1.29 is 29.2 Å². The number of methoxy groups -OCH3 is 1. The highest BCUT2D eigenvalue weighted by Gasteiger charge is 2.64. The molecule has 1 amide bonds. The fraction of sp³-hybridized carbons (Fsp3) is 0.824. The van der Waals surface area contributed by atoms with Gasteiger partial charge >= 0.3 is 6.09 Å². The number of ether oxygens (including phenoxy) is 3. The lowest BCUT2D eigenvalue weighted by molar-refractivity contribution is -0.179. The zero-order chi connectivity index (χ0) is 18.1. The van der Waals surface area contributed by atoms with Crippen molar-refractivity contribution in [3.63, 3.8) is 0 Å². The summed E-state index contributed by atoms with van der Waals surface area (Å²) in [5, 5.41) is 21.7. The smallest absolute Gasteiger partial charge is 0.404 e. The van der Waals surface area contributed by atoms with E-state index in [1.807, 2.05) is 19.9 Å². The fourth-order valence-corrected chi connectivity index (χ4v) is 4.07. The highest BCUT2D eigenvalue weighted by atomic mass is 16.6. The molecule has 1 saturated carbocycles. The number of allylic oxidation sites excluding steroid dienone is 1. The summed E-state index contributed by atoms with van der Waals surface area (Å²) in [5.41, 5.74) is 4.10. The van der Waals surface area contributed by atoms with E-state index in [0.717, 1.165) is 5.57 Å². The molecule has 24 heavy (non-hydrogen) atoms. The lowest BCUT2D eigenvalue weighted by Gasteiger charge is -2.47. The summed E-state index contributed by atoms with van der Waals surface area (Å²) in [6.07, 6.45) is 0.273. The van der Waals surface area contributed by atoms with Gasteiger partial charge in [0.2, 0.25) is 0 Å². The van der Waals surface area contributed by atoms with E-state index < -0.39 is 41.5 Å². The van der Waals surface area contributed by atoms with Crippen LogP contribution in [0.25, 0.3) is 0 Å². The second kappa shape index (κ2) is 7.00. The maximum absolute atomic E-state index is 11.2. The maximum atomic E-state index is 11.2. The third kappa shape index (κ3) is 3.44. The average Bonchev–Trinajstić information content (AvgIpc) is 2.78. The highest BCUT2D eigenvalue weighted by molar-refractivity contribution is 5.64. The fourth-order valence-electron chi connectivity index (χ4n) is 4.07. The van der Waals surface area contributed by atoms with E-state index in [9.17, 15) is 15.0 Å². The Balaban J connectivity index is 2.31. The number of aliphatic hydroxyl groups excluding tert-OH is 1. The van der Waals surface area contributed by atoms with Crippen molar-refractivity contribution in [1.82, 2.24) is 0 Å². The van der Waals surface area contributed by atoms with Crippen molar-refractivity contribution >= 4 is 6.09 Å². The Kier molecular flexibility index (Phi) is 5.59. The van der Waals surface area contributed by atoms with Crippen LogP contribution in [0.4, 0.5) is 4.79 Å². The molecule has 1 aliphatic carbocycles. The van der Waals surface area contributed by atoms with Gasteiger partial charge in [0.1, 0.15) is 12.2 Å². The van der Waals surface area contributed by atoms with Gasteiger partial charge in [-0.15, -0.1) is 0 Å². The number of carbonyl (C=O) groups excluding carboxylic acids is 1. The van der Waals surface area contributed by atoms with Gasteiger partial charge < -0.3 is 30.2 Å². The number of fused-ring (bicyclic) bond motifs is 1. The van der Waals surface area contributed by atoms with Gasteiger partial charge in [-0.1, -0.05) is 11.6 Å². The molecule has 6 atom stereocenters. The minimum atomic E-state index is -1.13. The first-order chi connectivity index (χ1) is 11.1. The molecule has 0 aromatic heterocycles. The first kappa shape index (κ1) is 19.2. The number of hydrogen-bond acceptors (Lipinski definition) is 6. The molecule has 0 aromatic carbocycles. The van der Waals surface area contributed by atoms with E-state index in [0.29, 0.717) is 19.3 Å². The summed E-state index contributed by atoms with van der Waals surface area (Å²) in [6.45, 7) is 5.80. The Hall–Kier alpha value is -1.15. The summed E-state index contributed by atoms with van der Waals surface area (Å²) in [7, 11) is 1.50. The minimum absolute atomic E-state index is 0.114. The van der Waals surface area contributed by atoms with Crippen molar-refractivity contribution in [3.8, 4) is 0 Å². The molecular weight excluding hydrogens is 314 g/mol. The van der Waals surface area contributed by atoms with Crippen molar-refractivity contribution in [2.45, 2.75) is 69.5 Å². The molecule has 2 aliphatic rings. The average molecular weight is 343 g/mol. The minimum Gasteiger partial charge on any atom is -0.444 e. The third-order valence-electron chi connectivity index (χ3n) is 5.34. The van der Waals surface area contributed by atoms with Crippen LogP contribution >= 0.6 is 0 Å². The van der Waals surface area contributed by atoms with Crippen LogP contribution in [0.2, 0.25) is 0 Å². The van der Waals surface area contributed by atoms with E-state index in [2.05, 4.69) is 0 Å². The molecule has 7 nitrogen and oxygen atoms in total. The van der Waals surface area contributed by atoms with E-state index in [4.69, 9.17) is 19.9 Å². The topological polar surface area (TPSA) is 111 Å². The molecule has 7 heteroatoms. The molecule has 0 bridgehead atoms. The summed E-state index contributed by atoms with van der Waals surface area (Å²) >= 11 is 0. The Morgan fingerprint density at radius 3 is 2.71 bits per heavy atom. The molecule has 0 spiro atoms. The van der Waals surface area contributed by atoms with Gasteiger partial charge in [-0.05, 0) is 40.0 Å². The maximum Gasteiger partial charge on any atom is 0.404 e. The van der Waals surface area contributed by atoms with Gasteiger partial charge in [0, 0.05) is 7.11 Å². The van der Waals surface area contributed by atoms with Gasteiger partial charge in [-0.2, -0.15) is 0 Å². The molecule has 1 saturated heterocycles. The molecule has 138 valence electrons. The molecule has 2 fully saturated rings. The van der Waals surface area contributed by atoms with Crippen LogP contribution in [-0.2, 0) is 14.2 Å². The number of carbonyl (C=O) groups is 1. The predicted octanol–water partition coefficient (Wildman–Crippen LogP) is 1.11. The van der Waals surface area contributed by atoms with Crippen LogP contribution < -0.4 is 5.73 Å². The van der Waals surface area contributed by atoms with Gasteiger partial charge in [0.25, 0.3) is 0 Å². The number of rotatable bonds is 5. The first-order valence-corrected chi connectivity index (χ1v) is 8.30. The Morgan fingerprint density at radius 1 is 1.50 bits per heavy atom. The number of hydrogen-bond donors (Lipinski definition) is 3. The molecule has 0 aromatic rings. The molecule has 1 aliphatic heterocycles. The Bertz CT molecular complexity index is 505. The molecular formula is C17H29NO6. The molecule has 2 rings (SSSR count). The second-order valence-corrected chi connectivity index (χ2v) is 7.30. The van der Waals surface area contributed by atoms with E-state index in [1.54, 1.807) is 6.92 Å². The number of aliphatic hydroxyl groups is 2. The lowest BCUT2D eigenvalue weighted by atomic mass is 9.65. The second-order valence-electron chi connectivity index (χ2n) is 7.30. The zero-order valence-corrected chi connectivity index (χ0v) is 14.8. The number of amides is 1. The quantitative estimate of drug-likeness (QED) is 0.645. The van der Waals surface area contributed by atoms with E-state index in [1.165, 1.54) is 7.11 Å². The summed E-state index contributed by atoms with van der Waals surface area (Å²) in [4.78, 5) is 11.2. The van der Waals surface area contributed by atoms with Crippen molar-refractivity contribution in [2.75, 3.05) is 13.7 Å². The van der Waals surface area contributed by atoms with Crippen LogP contribution in [0.5, 0.6) is 0 Å². The number of primary amides is 1. The van der Waals surface area contributed by atoms with Gasteiger partial charge in [-0.25, -0.2) is 4.79 Å². The normalized spacial score (nSPS) is 39.8. The lowest BCUT2D eigenvalue weighted by Crippen LogP contribution is -2.62. The zero-order valence-electron chi connectivity index (χ0n) is 14.8. The van der Waals surface area contributed by atoms with Crippen LogP contribution in [0, 0.1) is 5.92 Å². The van der Waals surface area contributed by atoms with Crippen LogP contribution in [-0.4, -0.2) is 59.5 Å². The summed E-state index contributed by atoms with van der Waals surface area (Å²) < 4.78 is 16.6. The molecule has 0 unspecified atom stereocenters. The summed E-state index contributed by atoms with van der Waals surface area (Å²) in [6, 6.07) is 0. The van der Waals surface area contributed by atoms with Gasteiger partial charge in [-0.3, -0.25) is 0 Å². The van der Waals surface area contributed by atoms with Crippen LogP contribution in [0.15, 0.2) is 11.6 Å². The van der Waals surface area contributed by atoms with Crippen LogP contribution in [0.1, 0.15) is 40.0 Å². The monoisotopic (exact) mass is 343 g/mol. The van der Waals surface area contributed by atoms with Crippen molar-refractivity contribution in [3.05, 3.63) is 11.6 Å². The highest BCUT2D eigenvalue weighted by Crippen LogP contribution is 2.51. The number of nitrogens with two attached hydrogens (primary N) is 1. The van der Waals surface area contributed by atoms with E-state index >= 15 is 0 Å². The van der Waals surface area contributed by atoms with Crippen molar-refractivity contribution in [2.24, 2.45) is 11.7 Å². The van der Waals surface area contributed by atoms with E-state index in [-0.39, 0.29) is 6.61 Å². The third-order valence-corrected chi connectivity index (χ3v) is 5.34. The molecule has 0 radical (unpaired) electrons. The van der Waals surface area contributed by atoms with Gasteiger partial charge in [0.15, 0.2) is 0 Å². The van der Waals surface area contributed by atoms with Gasteiger partial charge in [0.05, 0.1) is 29.8 Å². The standard InChI is InChI=1S/C17H29NO6/c1-10(2)5-6-12(19)16(3)14-13(22-4)11(24-15(18)20)7-8-17(14,21)9-23-16/h5,11-14,19,21H,6-9H2,1-4H3,(H2,18,20)/t11-,12-,13-,14+,16-,17+/m1/s1. The molecule has 1 heterocycles. The van der Waals surface area contributed by atoms with Crippen molar-refractivity contribution in [1.29, 1.82) is 0 Å². The SMILES string of the molecule is CO[C@H]1[C@@H]2[C@](O)(CC[C@H]1OC(N)=O)CO[C@]2(C)[C@H](O)CC=C(C)C.